The van der Waals surface area contributed by atoms with Crippen LogP contribution in [0.3, 0.4) is 0 Å². The summed E-state index contributed by atoms with van der Waals surface area (Å²) in [5.41, 5.74) is 3.32. The zero-order chi connectivity index (χ0) is 16.8. The van der Waals surface area contributed by atoms with E-state index in [0.717, 1.165) is 16.9 Å². The minimum Gasteiger partial charge on any atom is -0.490 e. The van der Waals surface area contributed by atoms with Crippen molar-refractivity contribution < 1.29 is 9.53 Å². The van der Waals surface area contributed by atoms with E-state index in [1.165, 1.54) is 0 Å². The first kappa shape index (κ1) is 15.8. The highest BCUT2D eigenvalue weighted by Crippen LogP contribution is 2.26. The third-order valence-electron chi connectivity index (χ3n) is 3.74. The summed E-state index contributed by atoms with van der Waals surface area (Å²) in [7, 11) is 0. The first-order valence-electron chi connectivity index (χ1n) is 7.82. The van der Waals surface area contributed by atoms with Crippen LogP contribution in [0.15, 0.2) is 91.5 Å². The van der Waals surface area contributed by atoms with Crippen molar-refractivity contribution in [1.29, 1.82) is 0 Å². The predicted octanol–water partition coefficient (Wildman–Crippen LogP) is 5.15. The molecule has 0 saturated carbocycles. The van der Waals surface area contributed by atoms with Gasteiger partial charge in [-0.3, -0.25) is 4.79 Å². The van der Waals surface area contributed by atoms with E-state index in [9.17, 15) is 4.79 Å². The molecule has 0 radical (unpaired) electrons. The molecule has 3 rings (SSSR count). The standard InChI is InChI=1S/C22H18O2/c1-2-16-24-19-14-12-18(13-15-19)22(23)21-11-7-6-10-20(21)17-8-4-3-5-9-17/h2-15H,1,16H2. The van der Waals surface area contributed by atoms with E-state index in [0.29, 0.717) is 17.7 Å². The molecule has 24 heavy (non-hydrogen) atoms. The van der Waals surface area contributed by atoms with E-state index in [1.807, 2.05) is 66.7 Å². The lowest BCUT2D eigenvalue weighted by Crippen LogP contribution is -2.03. The summed E-state index contributed by atoms with van der Waals surface area (Å²) in [5.74, 6) is 0.729. The molecule has 2 heteroatoms. The number of benzene rings is 3. The second-order valence-corrected chi connectivity index (χ2v) is 5.36. The van der Waals surface area contributed by atoms with Gasteiger partial charge in [0.15, 0.2) is 5.78 Å². The van der Waals surface area contributed by atoms with Crippen molar-refractivity contribution in [2.45, 2.75) is 0 Å². The van der Waals surface area contributed by atoms with E-state index in [4.69, 9.17) is 4.74 Å². The summed E-state index contributed by atoms with van der Waals surface area (Å²) in [4.78, 5) is 12.9. The molecule has 0 aromatic heterocycles. The van der Waals surface area contributed by atoms with Crippen molar-refractivity contribution in [1.82, 2.24) is 0 Å². The van der Waals surface area contributed by atoms with Gasteiger partial charge in [0.1, 0.15) is 12.4 Å². The number of ether oxygens (including phenoxy) is 1. The van der Waals surface area contributed by atoms with Crippen molar-refractivity contribution in [2.75, 3.05) is 6.61 Å². The Morgan fingerprint density at radius 1 is 0.875 bits per heavy atom. The Bertz CT molecular complexity index is 833. The molecule has 0 unspecified atom stereocenters. The number of carbonyl (C=O) groups is 1. The molecule has 0 aliphatic rings. The lowest BCUT2D eigenvalue weighted by molar-refractivity contribution is 0.103. The van der Waals surface area contributed by atoms with Gasteiger partial charge in [0, 0.05) is 11.1 Å². The second kappa shape index (κ2) is 7.42. The quantitative estimate of drug-likeness (QED) is 0.464. The van der Waals surface area contributed by atoms with Gasteiger partial charge in [-0.1, -0.05) is 67.3 Å². The minimum absolute atomic E-state index is 0.00437. The van der Waals surface area contributed by atoms with Crippen LogP contribution in [0.4, 0.5) is 0 Å². The Morgan fingerprint density at radius 3 is 2.25 bits per heavy atom. The predicted molar refractivity (Wildman–Crippen MR) is 97.4 cm³/mol. The molecule has 0 bridgehead atoms. The van der Waals surface area contributed by atoms with Crippen molar-refractivity contribution in [2.24, 2.45) is 0 Å². The van der Waals surface area contributed by atoms with Crippen LogP contribution in [0.2, 0.25) is 0 Å². The van der Waals surface area contributed by atoms with Crippen molar-refractivity contribution in [3.05, 3.63) is 103 Å². The summed E-state index contributed by atoms with van der Waals surface area (Å²) in [6.45, 7) is 4.07. The number of ketones is 1. The summed E-state index contributed by atoms with van der Waals surface area (Å²) in [6.07, 6.45) is 1.69. The first-order chi connectivity index (χ1) is 11.8. The maximum absolute atomic E-state index is 12.9. The molecule has 0 aliphatic heterocycles. The highest BCUT2D eigenvalue weighted by molar-refractivity contribution is 6.12. The van der Waals surface area contributed by atoms with Crippen LogP contribution < -0.4 is 4.74 Å². The van der Waals surface area contributed by atoms with Gasteiger partial charge in [-0.15, -0.1) is 0 Å². The molecule has 0 fully saturated rings. The third-order valence-corrected chi connectivity index (χ3v) is 3.74. The molecule has 2 nitrogen and oxygen atoms in total. The fourth-order valence-electron chi connectivity index (χ4n) is 2.56. The Labute approximate surface area is 142 Å². The number of rotatable bonds is 6. The smallest absolute Gasteiger partial charge is 0.193 e. The Hall–Kier alpha value is -3.13. The van der Waals surface area contributed by atoms with Crippen molar-refractivity contribution >= 4 is 5.78 Å². The third kappa shape index (κ3) is 3.44. The van der Waals surface area contributed by atoms with E-state index < -0.39 is 0 Å². The fourth-order valence-corrected chi connectivity index (χ4v) is 2.56. The van der Waals surface area contributed by atoms with Crippen LogP contribution in [0.5, 0.6) is 5.75 Å². The molecule has 0 amide bonds. The highest BCUT2D eigenvalue weighted by Gasteiger charge is 2.14. The van der Waals surface area contributed by atoms with Gasteiger partial charge >= 0.3 is 0 Å². The molecule has 0 heterocycles. The zero-order valence-corrected chi connectivity index (χ0v) is 13.3. The molecule has 0 saturated heterocycles. The molecule has 0 aliphatic carbocycles. The van der Waals surface area contributed by atoms with Gasteiger partial charge in [-0.2, -0.15) is 0 Å². The second-order valence-electron chi connectivity index (χ2n) is 5.36. The van der Waals surface area contributed by atoms with Gasteiger partial charge < -0.3 is 4.74 Å². The van der Waals surface area contributed by atoms with Crippen LogP contribution in [-0.4, -0.2) is 12.4 Å². The van der Waals surface area contributed by atoms with Crippen LogP contribution >= 0.6 is 0 Å². The van der Waals surface area contributed by atoms with Gasteiger partial charge in [-0.05, 0) is 35.4 Å². The average molecular weight is 314 g/mol. The molecule has 118 valence electrons. The van der Waals surface area contributed by atoms with E-state index >= 15 is 0 Å². The zero-order valence-electron chi connectivity index (χ0n) is 13.3. The van der Waals surface area contributed by atoms with E-state index in [-0.39, 0.29) is 5.78 Å². The number of carbonyl (C=O) groups excluding carboxylic acids is 1. The lowest BCUT2D eigenvalue weighted by Gasteiger charge is -2.10. The molecular formula is C22H18O2. The minimum atomic E-state index is 0.00437. The first-order valence-corrected chi connectivity index (χ1v) is 7.82. The van der Waals surface area contributed by atoms with Crippen LogP contribution in [0.25, 0.3) is 11.1 Å². The van der Waals surface area contributed by atoms with Crippen LogP contribution in [0, 0.1) is 0 Å². The van der Waals surface area contributed by atoms with Crippen LogP contribution in [-0.2, 0) is 0 Å². The monoisotopic (exact) mass is 314 g/mol. The van der Waals surface area contributed by atoms with Gasteiger partial charge in [0.25, 0.3) is 0 Å². The maximum atomic E-state index is 12.9. The van der Waals surface area contributed by atoms with E-state index in [2.05, 4.69) is 6.58 Å². The van der Waals surface area contributed by atoms with Gasteiger partial charge in [0.05, 0.1) is 0 Å². The molecule has 0 atom stereocenters. The maximum Gasteiger partial charge on any atom is 0.193 e. The summed E-state index contributed by atoms with van der Waals surface area (Å²) in [6, 6.07) is 24.8. The SMILES string of the molecule is C=CCOc1ccc(C(=O)c2ccccc2-c2ccccc2)cc1. The topological polar surface area (TPSA) is 26.3 Å². The molecular weight excluding hydrogens is 296 g/mol. The average Bonchev–Trinajstić information content (AvgIpc) is 2.67. The Morgan fingerprint density at radius 2 is 1.54 bits per heavy atom. The van der Waals surface area contributed by atoms with Crippen molar-refractivity contribution in [3.8, 4) is 16.9 Å². The Kier molecular flexibility index (Phi) is 4.87. The van der Waals surface area contributed by atoms with E-state index in [1.54, 1.807) is 18.2 Å². The Balaban J connectivity index is 1.92. The number of hydrogen-bond acceptors (Lipinski definition) is 2. The van der Waals surface area contributed by atoms with Crippen LogP contribution in [0.1, 0.15) is 15.9 Å². The molecule has 3 aromatic carbocycles. The van der Waals surface area contributed by atoms with Gasteiger partial charge in [-0.25, -0.2) is 0 Å². The normalized spacial score (nSPS) is 10.2. The summed E-state index contributed by atoms with van der Waals surface area (Å²) in [5, 5.41) is 0. The van der Waals surface area contributed by atoms with Crippen molar-refractivity contribution in [3.63, 3.8) is 0 Å². The highest BCUT2D eigenvalue weighted by atomic mass is 16.5. The molecule has 0 spiro atoms. The molecule has 0 N–H and O–H groups in total. The van der Waals surface area contributed by atoms with Gasteiger partial charge in [0.2, 0.25) is 0 Å². The summed E-state index contributed by atoms with van der Waals surface area (Å²) >= 11 is 0. The largest absolute Gasteiger partial charge is 0.490 e. The molecule has 3 aromatic rings. The number of hydrogen-bond donors (Lipinski definition) is 0. The lowest BCUT2D eigenvalue weighted by atomic mass is 9.94. The fraction of sp³-hybridized carbons (Fsp3) is 0.0455. The summed E-state index contributed by atoms with van der Waals surface area (Å²) < 4.78 is 5.46.